The number of fused-ring (bicyclic) bond motifs is 2. The number of para-hydroxylation sites is 1. The largest absolute Gasteiger partial charge is 0.494 e. The lowest BCUT2D eigenvalue weighted by atomic mass is 10.2. The second-order valence-corrected chi connectivity index (χ2v) is 8.14. The van der Waals surface area contributed by atoms with Gasteiger partial charge in [-0.15, -0.1) is 0 Å². The molecule has 0 aliphatic carbocycles. The van der Waals surface area contributed by atoms with E-state index in [1.165, 1.54) is 11.3 Å². The van der Waals surface area contributed by atoms with Crippen molar-refractivity contribution in [1.82, 2.24) is 9.97 Å². The van der Waals surface area contributed by atoms with Crippen LogP contribution in [-0.4, -0.2) is 23.0 Å². The van der Waals surface area contributed by atoms with E-state index in [0.717, 1.165) is 26.7 Å². The summed E-state index contributed by atoms with van der Waals surface area (Å²) in [7, 11) is 1.62. The smallest absolute Gasteiger partial charge is 0.296 e. The number of thiazole rings is 1. The second-order valence-electron chi connectivity index (χ2n) is 7.16. The van der Waals surface area contributed by atoms with Crippen LogP contribution < -0.4 is 9.64 Å². The molecule has 31 heavy (non-hydrogen) atoms. The zero-order valence-electron chi connectivity index (χ0n) is 17.0. The molecule has 3 heterocycles. The molecule has 0 fully saturated rings. The van der Waals surface area contributed by atoms with Gasteiger partial charge >= 0.3 is 0 Å². The number of anilines is 1. The molecule has 154 valence electrons. The summed E-state index contributed by atoms with van der Waals surface area (Å²) in [5.74, 6) is 0.698. The lowest BCUT2D eigenvalue weighted by molar-refractivity contribution is 0.0960. The molecule has 0 aliphatic rings. The molecule has 0 spiro atoms. The highest BCUT2D eigenvalue weighted by Gasteiger charge is 2.26. The van der Waals surface area contributed by atoms with Gasteiger partial charge in [0.15, 0.2) is 10.9 Å². The minimum atomic E-state index is -0.254. The molecule has 2 aromatic carbocycles. The minimum Gasteiger partial charge on any atom is -0.494 e. The van der Waals surface area contributed by atoms with Gasteiger partial charge in [0.05, 0.1) is 18.4 Å². The first-order valence-electron chi connectivity index (χ1n) is 9.77. The predicted molar refractivity (Wildman–Crippen MR) is 122 cm³/mol. The SMILES string of the molecule is COc1ccc(C)c2sc(N(Cc3cccnc3)C(=O)c3cc4ccccc4o3)nc12. The maximum atomic E-state index is 13.6. The van der Waals surface area contributed by atoms with Crippen molar-refractivity contribution in [2.45, 2.75) is 13.5 Å². The Labute approximate surface area is 182 Å². The molecule has 0 unspecified atom stereocenters. The first kappa shape index (κ1) is 19.3. The molecule has 0 aliphatic heterocycles. The molecule has 0 saturated heterocycles. The van der Waals surface area contributed by atoms with Crippen LogP contribution in [0.15, 0.2) is 71.4 Å². The van der Waals surface area contributed by atoms with E-state index >= 15 is 0 Å². The Balaban J connectivity index is 1.62. The summed E-state index contributed by atoms with van der Waals surface area (Å²) in [6.07, 6.45) is 3.46. The third-order valence-corrected chi connectivity index (χ3v) is 6.30. The van der Waals surface area contributed by atoms with Crippen LogP contribution in [0.5, 0.6) is 5.75 Å². The fraction of sp³-hybridized carbons (Fsp3) is 0.125. The summed E-state index contributed by atoms with van der Waals surface area (Å²) < 4.78 is 12.3. The number of rotatable bonds is 5. The van der Waals surface area contributed by atoms with Gasteiger partial charge in [-0.3, -0.25) is 14.7 Å². The first-order chi connectivity index (χ1) is 15.1. The number of carbonyl (C=O) groups excluding carboxylic acids is 1. The topological polar surface area (TPSA) is 68.5 Å². The van der Waals surface area contributed by atoms with Gasteiger partial charge in [0.2, 0.25) is 0 Å². The van der Waals surface area contributed by atoms with Crippen molar-refractivity contribution in [3.05, 3.63) is 83.9 Å². The number of aromatic nitrogens is 2. The summed E-state index contributed by atoms with van der Waals surface area (Å²) in [6, 6.07) is 17.0. The van der Waals surface area contributed by atoms with Gasteiger partial charge in [0.1, 0.15) is 16.8 Å². The molecule has 5 rings (SSSR count). The number of carbonyl (C=O) groups is 1. The van der Waals surface area contributed by atoms with Crippen LogP contribution in [0.3, 0.4) is 0 Å². The molecule has 7 heteroatoms. The molecule has 1 amide bonds. The fourth-order valence-electron chi connectivity index (χ4n) is 3.50. The predicted octanol–water partition coefficient (Wildman–Crippen LogP) is 5.60. The molecular formula is C24H19N3O3S. The van der Waals surface area contributed by atoms with E-state index in [1.54, 1.807) is 30.5 Å². The van der Waals surface area contributed by atoms with Crippen molar-refractivity contribution >= 4 is 43.6 Å². The van der Waals surface area contributed by atoms with E-state index in [0.29, 0.717) is 23.0 Å². The molecule has 3 aromatic heterocycles. The number of ether oxygens (including phenoxy) is 1. The standard InChI is InChI=1S/C24H19N3O3S/c1-15-9-10-19(29-2)21-22(15)31-24(26-21)27(14-16-6-5-11-25-13-16)23(28)20-12-17-7-3-4-8-18(17)30-20/h3-13H,14H2,1-2H3. The Morgan fingerprint density at radius 1 is 1.16 bits per heavy atom. The van der Waals surface area contributed by atoms with Crippen LogP contribution in [0, 0.1) is 6.92 Å². The Morgan fingerprint density at radius 2 is 2.03 bits per heavy atom. The number of amides is 1. The average Bonchev–Trinajstić information content (AvgIpc) is 3.43. The van der Waals surface area contributed by atoms with Crippen LogP contribution in [0.4, 0.5) is 5.13 Å². The Morgan fingerprint density at radius 3 is 2.81 bits per heavy atom. The van der Waals surface area contributed by atoms with Gasteiger partial charge in [0, 0.05) is 17.8 Å². The zero-order chi connectivity index (χ0) is 21.4. The third-order valence-electron chi connectivity index (χ3n) is 5.09. The van der Waals surface area contributed by atoms with Crippen molar-refractivity contribution < 1.29 is 13.9 Å². The van der Waals surface area contributed by atoms with Crippen LogP contribution in [0.1, 0.15) is 21.7 Å². The number of aryl methyl sites for hydroxylation is 1. The summed E-state index contributed by atoms with van der Waals surface area (Å²) >= 11 is 1.46. The highest BCUT2D eigenvalue weighted by Crippen LogP contribution is 2.37. The summed E-state index contributed by atoms with van der Waals surface area (Å²) in [6.45, 7) is 2.35. The molecule has 0 radical (unpaired) electrons. The summed E-state index contributed by atoms with van der Waals surface area (Å²) in [5.41, 5.74) is 3.40. The fourth-order valence-corrected chi connectivity index (χ4v) is 4.55. The number of hydrogen-bond donors (Lipinski definition) is 0. The third kappa shape index (κ3) is 3.53. The van der Waals surface area contributed by atoms with Gasteiger partial charge in [-0.2, -0.15) is 0 Å². The quantitative estimate of drug-likeness (QED) is 0.364. The number of methoxy groups -OCH3 is 1. The Hall–Kier alpha value is -3.71. The van der Waals surface area contributed by atoms with Crippen LogP contribution in [-0.2, 0) is 6.54 Å². The molecule has 0 bridgehead atoms. The second kappa shape index (κ2) is 7.85. The highest BCUT2D eigenvalue weighted by atomic mass is 32.1. The summed E-state index contributed by atoms with van der Waals surface area (Å²) in [4.78, 5) is 24.2. The van der Waals surface area contributed by atoms with Gasteiger partial charge in [-0.05, 0) is 42.3 Å². The maximum absolute atomic E-state index is 13.6. The molecule has 0 atom stereocenters. The first-order valence-corrected chi connectivity index (χ1v) is 10.6. The van der Waals surface area contributed by atoms with Gasteiger partial charge < -0.3 is 9.15 Å². The molecular weight excluding hydrogens is 410 g/mol. The molecule has 6 nitrogen and oxygen atoms in total. The molecule has 0 N–H and O–H groups in total. The molecule has 0 saturated carbocycles. The number of furan rings is 1. The van der Waals surface area contributed by atoms with Crippen molar-refractivity contribution in [1.29, 1.82) is 0 Å². The van der Waals surface area contributed by atoms with E-state index < -0.39 is 0 Å². The highest BCUT2D eigenvalue weighted by molar-refractivity contribution is 7.22. The van der Waals surface area contributed by atoms with E-state index in [-0.39, 0.29) is 11.7 Å². The van der Waals surface area contributed by atoms with Crippen molar-refractivity contribution in [3.8, 4) is 5.75 Å². The number of pyridine rings is 1. The lowest BCUT2D eigenvalue weighted by Gasteiger charge is -2.18. The average molecular weight is 430 g/mol. The van der Waals surface area contributed by atoms with Gasteiger partial charge in [0.25, 0.3) is 5.91 Å². The van der Waals surface area contributed by atoms with Crippen molar-refractivity contribution in [2.24, 2.45) is 0 Å². The zero-order valence-corrected chi connectivity index (χ0v) is 17.8. The number of benzene rings is 2. The van der Waals surface area contributed by atoms with Crippen molar-refractivity contribution in [3.63, 3.8) is 0 Å². The number of nitrogens with zero attached hydrogens (tertiary/aromatic N) is 3. The van der Waals surface area contributed by atoms with Gasteiger partial charge in [-0.1, -0.05) is 41.7 Å². The van der Waals surface area contributed by atoms with E-state index in [9.17, 15) is 4.79 Å². The summed E-state index contributed by atoms with van der Waals surface area (Å²) in [5, 5.41) is 1.46. The number of hydrogen-bond acceptors (Lipinski definition) is 6. The van der Waals surface area contributed by atoms with Crippen LogP contribution in [0.25, 0.3) is 21.2 Å². The van der Waals surface area contributed by atoms with Gasteiger partial charge in [-0.25, -0.2) is 4.98 Å². The normalized spacial score (nSPS) is 11.2. The van der Waals surface area contributed by atoms with E-state index in [1.807, 2.05) is 55.5 Å². The Kier molecular flexibility index (Phi) is 4.88. The van der Waals surface area contributed by atoms with E-state index in [4.69, 9.17) is 14.1 Å². The van der Waals surface area contributed by atoms with Crippen molar-refractivity contribution in [2.75, 3.05) is 12.0 Å². The van der Waals surface area contributed by atoms with E-state index in [2.05, 4.69) is 4.98 Å². The monoisotopic (exact) mass is 429 g/mol. The Bertz CT molecular complexity index is 1360. The lowest BCUT2D eigenvalue weighted by Crippen LogP contribution is -2.30. The maximum Gasteiger partial charge on any atom is 0.296 e. The van der Waals surface area contributed by atoms with Crippen LogP contribution in [0.2, 0.25) is 0 Å². The molecule has 5 aromatic rings. The minimum absolute atomic E-state index is 0.254. The van der Waals surface area contributed by atoms with Crippen LogP contribution >= 0.6 is 11.3 Å².